The minimum absolute atomic E-state index is 0.135. The molecular formula is C23H22N6O2S. The van der Waals surface area contributed by atoms with Crippen LogP contribution in [0.3, 0.4) is 0 Å². The summed E-state index contributed by atoms with van der Waals surface area (Å²) in [7, 11) is 0. The fourth-order valence-electron chi connectivity index (χ4n) is 3.43. The van der Waals surface area contributed by atoms with Gasteiger partial charge in [-0.25, -0.2) is 0 Å². The monoisotopic (exact) mass is 446 g/mol. The second-order valence-electron chi connectivity index (χ2n) is 7.28. The molecule has 0 aliphatic rings. The van der Waals surface area contributed by atoms with E-state index in [1.165, 1.54) is 11.8 Å². The average molecular weight is 447 g/mol. The first-order valence-electron chi connectivity index (χ1n) is 10.0. The Hall–Kier alpha value is -3.77. The molecule has 0 radical (unpaired) electrons. The number of carbonyl (C=O) groups excluding carboxylic acids is 1. The quantitative estimate of drug-likeness (QED) is 0.411. The van der Waals surface area contributed by atoms with Gasteiger partial charge in [0.2, 0.25) is 5.91 Å². The molecule has 0 aliphatic heterocycles. The second-order valence-corrected chi connectivity index (χ2v) is 8.22. The van der Waals surface area contributed by atoms with Crippen molar-refractivity contribution in [2.75, 3.05) is 11.1 Å². The van der Waals surface area contributed by atoms with Crippen molar-refractivity contribution in [1.29, 1.82) is 5.26 Å². The number of aromatic nitrogens is 4. The average Bonchev–Trinajstić information content (AvgIpc) is 3.52. The Bertz CT molecular complexity index is 1250. The number of benzene rings is 1. The molecule has 0 spiro atoms. The molecule has 3 heterocycles. The maximum Gasteiger partial charge on any atom is 0.235 e. The van der Waals surface area contributed by atoms with Crippen molar-refractivity contribution >= 4 is 23.5 Å². The summed E-state index contributed by atoms with van der Waals surface area (Å²) in [4.78, 5) is 12.8. The minimum Gasteiger partial charge on any atom is -0.467 e. The maximum absolute atomic E-state index is 12.8. The smallest absolute Gasteiger partial charge is 0.235 e. The predicted octanol–water partition coefficient (Wildman–Crippen LogP) is 3.99. The van der Waals surface area contributed by atoms with Crippen molar-refractivity contribution in [3.8, 4) is 6.07 Å². The van der Waals surface area contributed by atoms with Crippen LogP contribution in [0.2, 0.25) is 0 Å². The van der Waals surface area contributed by atoms with Gasteiger partial charge in [-0.1, -0.05) is 42.1 Å². The zero-order chi connectivity index (χ0) is 22.5. The number of hydrogen-bond acceptors (Lipinski definition) is 6. The molecule has 0 aliphatic carbocycles. The molecule has 8 nitrogen and oxygen atoms in total. The predicted molar refractivity (Wildman–Crippen MR) is 121 cm³/mol. The largest absolute Gasteiger partial charge is 0.467 e. The second kappa shape index (κ2) is 9.58. The molecule has 0 saturated carbocycles. The number of anilines is 1. The van der Waals surface area contributed by atoms with Gasteiger partial charge < -0.3 is 18.9 Å². The third kappa shape index (κ3) is 4.60. The van der Waals surface area contributed by atoms with E-state index in [0.29, 0.717) is 29.6 Å². The van der Waals surface area contributed by atoms with E-state index in [9.17, 15) is 10.1 Å². The Kier molecular flexibility index (Phi) is 6.42. The lowest BCUT2D eigenvalue weighted by Gasteiger charge is -2.13. The van der Waals surface area contributed by atoms with Crippen molar-refractivity contribution in [1.82, 2.24) is 19.3 Å². The molecule has 4 aromatic rings. The van der Waals surface area contributed by atoms with Crippen molar-refractivity contribution in [2.45, 2.75) is 32.1 Å². The molecule has 0 saturated heterocycles. The molecule has 0 bridgehead atoms. The van der Waals surface area contributed by atoms with E-state index in [1.807, 2.05) is 65.4 Å². The van der Waals surface area contributed by atoms with Crippen LogP contribution < -0.4 is 5.32 Å². The fraction of sp³-hybridized carbons (Fsp3) is 0.217. The molecule has 1 aromatic carbocycles. The summed E-state index contributed by atoms with van der Waals surface area (Å²) in [5.41, 5.74) is 3.39. The Morgan fingerprint density at radius 2 is 2.00 bits per heavy atom. The van der Waals surface area contributed by atoms with Crippen LogP contribution in [0, 0.1) is 25.2 Å². The van der Waals surface area contributed by atoms with Crippen LogP contribution in [0.5, 0.6) is 0 Å². The van der Waals surface area contributed by atoms with E-state index in [2.05, 4.69) is 21.6 Å². The first-order chi connectivity index (χ1) is 15.6. The van der Waals surface area contributed by atoms with Crippen LogP contribution in [0.1, 0.15) is 28.1 Å². The first kappa shape index (κ1) is 21.5. The Morgan fingerprint density at radius 1 is 1.19 bits per heavy atom. The number of furan rings is 1. The van der Waals surface area contributed by atoms with E-state index < -0.39 is 0 Å². The molecule has 32 heavy (non-hydrogen) atoms. The van der Waals surface area contributed by atoms with Gasteiger partial charge in [-0.2, -0.15) is 5.26 Å². The van der Waals surface area contributed by atoms with Crippen LogP contribution in [0.15, 0.2) is 64.6 Å². The highest BCUT2D eigenvalue weighted by atomic mass is 32.2. The van der Waals surface area contributed by atoms with E-state index in [-0.39, 0.29) is 11.7 Å². The molecule has 1 amide bonds. The summed E-state index contributed by atoms with van der Waals surface area (Å²) in [6, 6.07) is 15.9. The van der Waals surface area contributed by atoms with Gasteiger partial charge in [0.15, 0.2) is 5.16 Å². The van der Waals surface area contributed by atoms with Crippen LogP contribution >= 0.6 is 11.8 Å². The van der Waals surface area contributed by atoms with Gasteiger partial charge in [0.1, 0.15) is 24.0 Å². The van der Waals surface area contributed by atoms with Crippen molar-refractivity contribution in [3.63, 3.8) is 0 Å². The lowest BCUT2D eigenvalue weighted by Crippen LogP contribution is -2.19. The van der Waals surface area contributed by atoms with Gasteiger partial charge in [-0.05, 0) is 37.1 Å². The molecule has 0 unspecified atom stereocenters. The van der Waals surface area contributed by atoms with Crippen LogP contribution in [-0.4, -0.2) is 31.0 Å². The number of thioether (sulfide) groups is 1. The highest BCUT2D eigenvalue weighted by molar-refractivity contribution is 7.99. The van der Waals surface area contributed by atoms with Crippen LogP contribution in [-0.2, 0) is 17.9 Å². The van der Waals surface area contributed by atoms with Gasteiger partial charge in [0, 0.05) is 12.2 Å². The minimum atomic E-state index is -0.217. The van der Waals surface area contributed by atoms with Crippen molar-refractivity contribution in [2.24, 2.45) is 0 Å². The topological polar surface area (TPSA) is 102 Å². The van der Waals surface area contributed by atoms with Crippen molar-refractivity contribution < 1.29 is 9.21 Å². The molecule has 3 aromatic heterocycles. The fourth-order valence-corrected chi connectivity index (χ4v) is 4.14. The van der Waals surface area contributed by atoms with E-state index in [1.54, 1.807) is 12.6 Å². The summed E-state index contributed by atoms with van der Waals surface area (Å²) < 4.78 is 9.17. The SMILES string of the molecule is Cc1c(C#N)c(NC(=O)CSc2nncn2Cc2ccco2)n(Cc2ccccc2)c1C. The summed E-state index contributed by atoms with van der Waals surface area (Å²) in [6.45, 7) is 4.91. The van der Waals surface area contributed by atoms with Crippen LogP contribution in [0.25, 0.3) is 0 Å². The lowest BCUT2D eigenvalue weighted by atomic mass is 10.2. The Morgan fingerprint density at radius 3 is 2.72 bits per heavy atom. The molecule has 9 heteroatoms. The number of nitrogens with one attached hydrogen (secondary N) is 1. The van der Waals surface area contributed by atoms with E-state index >= 15 is 0 Å². The van der Waals surface area contributed by atoms with Gasteiger partial charge in [0.05, 0.1) is 24.1 Å². The van der Waals surface area contributed by atoms with Crippen LogP contribution in [0.4, 0.5) is 5.82 Å². The first-order valence-corrected chi connectivity index (χ1v) is 11.0. The molecule has 1 N–H and O–H groups in total. The number of hydrogen-bond donors (Lipinski definition) is 1. The maximum atomic E-state index is 12.8. The lowest BCUT2D eigenvalue weighted by molar-refractivity contribution is -0.113. The third-order valence-corrected chi connectivity index (χ3v) is 6.18. The highest BCUT2D eigenvalue weighted by Crippen LogP contribution is 2.28. The van der Waals surface area contributed by atoms with E-state index in [0.717, 1.165) is 22.6 Å². The number of nitriles is 1. The zero-order valence-corrected chi connectivity index (χ0v) is 18.6. The number of nitrogens with zero attached hydrogens (tertiary/aromatic N) is 5. The van der Waals surface area contributed by atoms with Gasteiger partial charge in [0.25, 0.3) is 0 Å². The van der Waals surface area contributed by atoms with Gasteiger partial charge in [-0.15, -0.1) is 10.2 Å². The third-order valence-electron chi connectivity index (χ3n) is 5.20. The highest BCUT2D eigenvalue weighted by Gasteiger charge is 2.20. The number of rotatable bonds is 8. The standard InChI is InChI=1S/C23H22N6O2S/c1-16-17(2)29(12-18-7-4-3-5-8-18)22(20(16)11-24)26-21(30)14-32-23-27-25-15-28(23)13-19-9-6-10-31-19/h3-10,15H,12-14H2,1-2H3,(H,26,30). The van der Waals surface area contributed by atoms with E-state index in [4.69, 9.17) is 4.42 Å². The van der Waals surface area contributed by atoms with Gasteiger partial charge in [-0.3, -0.25) is 4.79 Å². The Balaban J connectivity index is 1.48. The summed E-state index contributed by atoms with van der Waals surface area (Å²) in [6.07, 6.45) is 3.22. The van der Waals surface area contributed by atoms with Crippen molar-refractivity contribution in [3.05, 3.63) is 83.2 Å². The molecule has 162 valence electrons. The summed E-state index contributed by atoms with van der Waals surface area (Å²) >= 11 is 1.28. The normalized spacial score (nSPS) is 10.8. The number of carbonyl (C=O) groups is 1. The Labute approximate surface area is 189 Å². The number of amides is 1. The zero-order valence-electron chi connectivity index (χ0n) is 17.8. The molecular weight excluding hydrogens is 424 g/mol. The summed E-state index contributed by atoms with van der Waals surface area (Å²) in [5.74, 6) is 1.22. The molecule has 0 fully saturated rings. The van der Waals surface area contributed by atoms with Gasteiger partial charge >= 0.3 is 0 Å². The summed E-state index contributed by atoms with van der Waals surface area (Å²) in [5, 5.41) is 21.3. The molecule has 4 rings (SSSR count). The molecule has 0 atom stereocenters.